The van der Waals surface area contributed by atoms with E-state index < -0.39 is 0 Å². The van der Waals surface area contributed by atoms with Gasteiger partial charge in [0.15, 0.2) is 5.13 Å². The van der Waals surface area contributed by atoms with Crippen LogP contribution >= 0.6 is 11.3 Å². The Balaban J connectivity index is 1.64. The number of anilines is 1. The quantitative estimate of drug-likeness (QED) is 0.881. The number of carbonyl (C=O) groups excluding carboxylic acids is 2. The van der Waals surface area contributed by atoms with Gasteiger partial charge in [-0.3, -0.25) is 14.9 Å². The lowest BCUT2D eigenvalue weighted by Gasteiger charge is -2.20. The highest BCUT2D eigenvalue weighted by Gasteiger charge is 2.18. The maximum absolute atomic E-state index is 12.4. The van der Waals surface area contributed by atoms with Crippen molar-refractivity contribution in [1.82, 2.24) is 15.2 Å². The molecule has 1 aromatic heterocycles. The van der Waals surface area contributed by atoms with Crippen LogP contribution in [0.15, 0.2) is 30.5 Å². The van der Waals surface area contributed by atoms with E-state index >= 15 is 0 Å². The average Bonchev–Trinajstić information content (AvgIpc) is 3.10. The third-order valence-electron chi connectivity index (χ3n) is 4.29. The van der Waals surface area contributed by atoms with Crippen molar-refractivity contribution in [2.75, 3.05) is 32.5 Å². The van der Waals surface area contributed by atoms with Gasteiger partial charge < -0.3 is 10.2 Å². The summed E-state index contributed by atoms with van der Waals surface area (Å²) in [6, 6.07) is 6.65. The Morgan fingerprint density at radius 3 is 2.44 bits per heavy atom. The number of thiazole rings is 1. The SMILES string of the molecule is CN(C)C(=O)c1ccc(C(=O)Nc2ncc(C3CCNCC3)s2)cc1. The first kappa shape index (κ1) is 17.6. The van der Waals surface area contributed by atoms with Crippen LogP contribution in [0.2, 0.25) is 0 Å². The maximum Gasteiger partial charge on any atom is 0.257 e. The van der Waals surface area contributed by atoms with Crippen molar-refractivity contribution in [1.29, 1.82) is 0 Å². The highest BCUT2D eigenvalue weighted by atomic mass is 32.1. The van der Waals surface area contributed by atoms with Crippen LogP contribution in [-0.2, 0) is 0 Å². The van der Waals surface area contributed by atoms with Gasteiger partial charge in [-0.15, -0.1) is 11.3 Å². The second kappa shape index (κ2) is 7.76. The van der Waals surface area contributed by atoms with E-state index in [2.05, 4.69) is 15.6 Å². The Hall–Kier alpha value is -2.25. The first-order chi connectivity index (χ1) is 12.0. The molecule has 3 rings (SSSR count). The van der Waals surface area contributed by atoms with Gasteiger partial charge in [0.05, 0.1) is 0 Å². The molecule has 1 aromatic carbocycles. The summed E-state index contributed by atoms with van der Waals surface area (Å²) in [6.07, 6.45) is 4.09. The first-order valence-electron chi connectivity index (χ1n) is 8.34. The lowest BCUT2D eigenvalue weighted by atomic mass is 9.97. The molecule has 2 heterocycles. The van der Waals surface area contributed by atoms with Gasteiger partial charge in [-0.05, 0) is 56.1 Å². The number of nitrogens with one attached hydrogen (secondary N) is 2. The van der Waals surface area contributed by atoms with E-state index in [0.717, 1.165) is 25.9 Å². The van der Waals surface area contributed by atoms with E-state index in [1.165, 1.54) is 9.78 Å². The number of hydrogen-bond acceptors (Lipinski definition) is 5. The molecule has 1 aliphatic heterocycles. The zero-order valence-corrected chi connectivity index (χ0v) is 15.2. The molecule has 1 fully saturated rings. The van der Waals surface area contributed by atoms with Crippen LogP contribution in [-0.4, -0.2) is 48.9 Å². The van der Waals surface area contributed by atoms with Gasteiger partial charge in [0.25, 0.3) is 11.8 Å². The molecule has 7 heteroatoms. The van der Waals surface area contributed by atoms with Crippen molar-refractivity contribution < 1.29 is 9.59 Å². The minimum Gasteiger partial charge on any atom is -0.345 e. The van der Waals surface area contributed by atoms with Gasteiger partial charge in [-0.2, -0.15) is 0 Å². The van der Waals surface area contributed by atoms with E-state index in [9.17, 15) is 9.59 Å². The topological polar surface area (TPSA) is 74.3 Å². The molecule has 0 spiro atoms. The van der Waals surface area contributed by atoms with E-state index in [4.69, 9.17) is 0 Å². The Labute approximate surface area is 151 Å². The van der Waals surface area contributed by atoms with E-state index in [1.54, 1.807) is 49.7 Å². The number of piperidine rings is 1. The van der Waals surface area contributed by atoms with Crippen LogP contribution in [0, 0.1) is 0 Å². The van der Waals surface area contributed by atoms with Gasteiger partial charge in [0.1, 0.15) is 0 Å². The predicted molar refractivity (Wildman–Crippen MR) is 99.4 cm³/mol. The Morgan fingerprint density at radius 1 is 1.16 bits per heavy atom. The molecule has 0 aliphatic carbocycles. The summed E-state index contributed by atoms with van der Waals surface area (Å²) in [4.78, 5) is 31.3. The summed E-state index contributed by atoms with van der Waals surface area (Å²) in [5.74, 6) is 0.231. The van der Waals surface area contributed by atoms with Crippen molar-refractivity contribution in [3.63, 3.8) is 0 Å². The van der Waals surface area contributed by atoms with Crippen molar-refractivity contribution in [3.05, 3.63) is 46.5 Å². The molecule has 1 aliphatic rings. The fraction of sp³-hybridized carbons (Fsp3) is 0.389. The van der Waals surface area contributed by atoms with Gasteiger partial charge in [0, 0.05) is 36.3 Å². The fourth-order valence-electron chi connectivity index (χ4n) is 2.83. The lowest BCUT2D eigenvalue weighted by molar-refractivity contribution is 0.0827. The highest BCUT2D eigenvalue weighted by Crippen LogP contribution is 2.31. The van der Waals surface area contributed by atoms with Crippen molar-refractivity contribution in [2.45, 2.75) is 18.8 Å². The summed E-state index contributed by atoms with van der Waals surface area (Å²) in [6.45, 7) is 2.06. The van der Waals surface area contributed by atoms with Crippen molar-refractivity contribution in [3.8, 4) is 0 Å². The second-order valence-corrected chi connectivity index (χ2v) is 7.39. The number of amides is 2. The zero-order chi connectivity index (χ0) is 17.8. The molecule has 1 saturated heterocycles. The largest absolute Gasteiger partial charge is 0.345 e. The summed E-state index contributed by atoms with van der Waals surface area (Å²) in [5.41, 5.74) is 1.07. The number of benzene rings is 1. The van der Waals surface area contributed by atoms with E-state index in [0.29, 0.717) is 22.2 Å². The number of aromatic nitrogens is 1. The predicted octanol–water partition coefficient (Wildman–Crippen LogP) is 2.56. The van der Waals surface area contributed by atoms with Gasteiger partial charge in [0.2, 0.25) is 0 Å². The fourth-order valence-corrected chi connectivity index (χ4v) is 3.81. The molecule has 2 N–H and O–H groups in total. The van der Waals surface area contributed by atoms with Gasteiger partial charge >= 0.3 is 0 Å². The minimum absolute atomic E-state index is 0.0847. The molecule has 6 nitrogen and oxygen atoms in total. The summed E-state index contributed by atoms with van der Waals surface area (Å²) >= 11 is 1.54. The number of hydrogen-bond donors (Lipinski definition) is 2. The maximum atomic E-state index is 12.4. The van der Waals surface area contributed by atoms with Crippen LogP contribution in [0.1, 0.15) is 44.4 Å². The molecular weight excluding hydrogens is 336 g/mol. The monoisotopic (exact) mass is 358 g/mol. The summed E-state index contributed by atoms with van der Waals surface area (Å²) < 4.78 is 0. The number of nitrogens with zero attached hydrogens (tertiary/aromatic N) is 2. The van der Waals surface area contributed by atoms with Crippen molar-refractivity contribution >= 4 is 28.3 Å². The van der Waals surface area contributed by atoms with Gasteiger partial charge in [-0.25, -0.2) is 4.98 Å². The molecule has 0 unspecified atom stereocenters. The highest BCUT2D eigenvalue weighted by molar-refractivity contribution is 7.15. The smallest absolute Gasteiger partial charge is 0.257 e. The third-order valence-corrected chi connectivity index (χ3v) is 5.36. The summed E-state index contributed by atoms with van der Waals surface area (Å²) in [7, 11) is 3.40. The van der Waals surface area contributed by atoms with E-state index in [1.807, 2.05) is 6.20 Å². The zero-order valence-electron chi connectivity index (χ0n) is 14.4. The Bertz CT molecular complexity index is 749. The molecule has 2 amide bonds. The molecule has 2 aromatic rings. The number of carbonyl (C=O) groups is 2. The number of rotatable bonds is 4. The third kappa shape index (κ3) is 4.24. The average molecular weight is 358 g/mol. The van der Waals surface area contributed by atoms with Crippen LogP contribution in [0.4, 0.5) is 5.13 Å². The van der Waals surface area contributed by atoms with E-state index in [-0.39, 0.29) is 11.8 Å². The standard InChI is InChI=1S/C18H22N4O2S/c1-22(2)17(24)14-5-3-13(4-6-14)16(23)21-18-20-11-15(25-18)12-7-9-19-10-8-12/h3-6,11-12,19H,7-10H2,1-2H3,(H,20,21,23). The molecule has 0 bridgehead atoms. The minimum atomic E-state index is -0.213. The molecule has 132 valence electrons. The van der Waals surface area contributed by atoms with Crippen molar-refractivity contribution in [2.24, 2.45) is 0 Å². The molecule has 25 heavy (non-hydrogen) atoms. The normalized spacial score (nSPS) is 15.0. The first-order valence-corrected chi connectivity index (χ1v) is 9.16. The molecule has 0 radical (unpaired) electrons. The Kier molecular flexibility index (Phi) is 5.45. The molecule has 0 saturated carbocycles. The van der Waals surface area contributed by atoms with Crippen LogP contribution < -0.4 is 10.6 Å². The Morgan fingerprint density at radius 2 is 1.80 bits per heavy atom. The van der Waals surface area contributed by atoms with Crippen LogP contribution in [0.3, 0.4) is 0 Å². The summed E-state index contributed by atoms with van der Waals surface area (Å²) in [5, 5.41) is 6.82. The lowest BCUT2D eigenvalue weighted by Crippen LogP contribution is -2.26. The van der Waals surface area contributed by atoms with Crippen LogP contribution in [0.25, 0.3) is 0 Å². The van der Waals surface area contributed by atoms with Crippen LogP contribution in [0.5, 0.6) is 0 Å². The second-order valence-electron chi connectivity index (χ2n) is 6.32. The van der Waals surface area contributed by atoms with Gasteiger partial charge in [-0.1, -0.05) is 0 Å². The molecular formula is C18H22N4O2S. The molecule has 0 atom stereocenters.